The van der Waals surface area contributed by atoms with Crippen molar-refractivity contribution in [1.29, 1.82) is 0 Å². The summed E-state index contributed by atoms with van der Waals surface area (Å²) < 4.78 is 0. The molecular weight excluding hydrogens is 603 g/mol. The molecule has 0 aliphatic heterocycles. The van der Waals surface area contributed by atoms with Gasteiger partial charge in [0.2, 0.25) is 0 Å². The van der Waals surface area contributed by atoms with Crippen LogP contribution in [0.2, 0.25) is 0 Å². The Hall–Kier alpha value is -1.19. The number of rotatable bonds is 8. The average molecular weight is 646 g/mol. The first-order chi connectivity index (χ1) is 17.1. The Kier molecular flexibility index (Phi) is 16.0. The Morgan fingerprint density at radius 3 is 1.07 bits per heavy atom. The zero-order chi connectivity index (χ0) is 26.0. The molecule has 0 heterocycles. The second-order valence-electron chi connectivity index (χ2n) is 11.7. The number of halogens is 3. The molecule has 4 rings (SSSR count). The van der Waals surface area contributed by atoms with Crippen LogP contribution in [0.3, 0.4) is 0 Å². The minimum Gasteiger partial charge on any atom is -1.00 e. The molecule has 0 amide bonds. The molecule has 0 N–H and O–H groups in total. The van der Waals surface area contributed by atoms with Crippen LogP contribution in [0.1, 0.15) is 101 Å². The van der Waals surface area contributed by atoms with Crippen LogP contribution in [0.15, 0.2) is 91.0 Å². The molecular formula is C35H43Cl3SiTi. The van der Waals surface area contributed by atoms with Crippen molar-refractivity contribution in [2.75, 3.05) is 0 Å². The Morgan fingerprint density at radius 2 is 0.800 bits per heavy atom. The summed E-state index contributed by atoms with van der Waals surface area (Å²) in [7, 11) is -2.56. The topological polar surface area (TPSA) is 0 Å². The summed E-state index contributed by atoms with van der Waals surface area (Å²) in [6, 6.07) is 35.9. The van der Waals surface area contributed by atoms with E-state index in [0.29, 0.717) is 23.7 Å². The Labute approximate surface area is 278 Å². The van der Waals surface area contributed by atoms with Crippen LogP contribution >= 0.6 is 0 Å². The van der Waals surface area contributed by atoms with E-state index in [-0.39, 0.29) is 58.9 Å². The predicted octanol–water partition coefficient (Wildman–Crippen LogP) is -1.71. The summed E-state index contributed by atoms with van der Waals surface area (Å²) in [6.45, 7) is 18.4. The summed E-state index contributed by atoms with van der Waals surface area (Å²) in [4.78, 5) is 0. The van der Waals surface area contributed by atoms with Gasteiger partial charge >= 0.3 is 21.7 Å². The maximum absolute atomic E-state index is 2.56. The maximum atomic E-state index is 2.52. The van der Waals surface area contributed by atoms with Crippen LogP contribution < -0.4 is 58.0 Å². The smallest absolute Gasteiger partial charge is 1.00 e. The van der Waals surface area contributed by atoms with E-state index < -0.39 is 8.07 Å². The van der Waals surface area contributed by atoms with E-state index in [1.54, 1.807) is 0 Å². The van der Waals surface area contributed by atoms with Gasteiger partial charge in [-0.3, -0.25) is 0 Å². The molecule has 0 aromatic heterocycles. The van der Waals surface area contributed by atoms with Gasteiger partial charge < -0.3 is 37.2 Å². The third kappa shape index (κ3) is 7.80. The molecule has 0 fully saturated rings. The van der Waals surface area contributed by atoms with Gasteiger partial charge in [0.25, 0.3) is 0 Å². The summed E-state index contributed by atoms with van der Waals surface area (Å²) in [5.74, 6) is 1.99. The first-order valence-electron chi connectivity index (χ1n) is 13.7. The van der Waals surface area contributed by atoms with Crippen molar-refractivity contribution in [2.24, 2.45) is 0 Å². The van der Waals surface area contributed by atoms with Crippen molar-refractivity contribution < 1.29 is 58.9 Å². The molecule has 4 aromatic rings. The van der Waals surface area contributed by atoms with Gasteiger partial charge in [-0.05, 0) is 34.4 Å². The molecule has 0 saturated heterocycles. The van der Waals surface area contributed by atoms with Gasteiger partial charge in [0, 0.05) is 0 Å². The van der Waals surface area contributed by atoms with Crippen molar-refractivity contribution in [3.05, 3.63) is 113 Å². The zero-order valence-electron chi connectivity index (χ0n) is 25.1. The summed E-state index contributed by atoms with van der Waals surface area (Å²) in [6.07, 6.45) is 0. The first kappa shape index (κ1) is 38.8. The monoisotopic (exact) mass is 644 g/mol. The Morgan fingerprint density at radius 1 is 0.475 bits per heavy atom. The van der Waals surface area contributed by atoms with Crippen LogP contribution in [-0.2, 0) is 21.7 Å². The molecule has 0 unspecified atom stereocenters. The maximum Gasteiger partial charge on any atom is 4.00 e. The molecule has 0 nitrogen and oxygen atoms in total. The fourth-order valence-electron chi connectivity index (χ4n) is 5.45. The normalized spacial score (nSPS) is 11.1. The molecule has 4 aromatic carbocycles. The molecule has 0 atom stereocenters. The van der Waals surface area contributed by atoms with Gasteiger partial charge in [0.15, 0.2) is 0 Å². The van der Waals surface area contributed by atoms with Crippen LogP contribution in [0.5, 0.6) is 0 Å². The van der Waals surface area contributed by atoms with Crippen molar-refractivity contribution in [3.8, 4) is 0 Å². The molecule has 0 saturated carbocycles. The molecule has 5 heteroatoms. The van der Waals surface area contributed by atoms with Crippen molar-refractivity contribution in [3.63, 3.8) is 0 Å². The number of benzene rings is 3. The number of hydrogen-bond acceptors (Lipinski definition) is 0. The minimum absolute atomic E-state index is 0. The molecule has 0 aliphatic rings. The van der Waals surface area contributed by atoms with E-state index in [0.717, 1.165) is 0 Å². The third-order valence-electron chi connectivity index (χ3n) is 7.84. The van der Waals surface area contributed by atoms with E-state index in [1.165, 1.54) is 43.0 Å². The number of hydrogen-bond donors (Lipinski definition) is 0. The molecule has 212 valence electrons. The van der Waals surface area contributed by atoms with Crippen LogP contribution in [0.25, 0.3) is 0 Å². The predicted molar refractivity (Wildman–Crippen MR) is 162 cm³/mol. The summed E-state index contributed by atoms with van der Waals surface area (Å²) in [5, 5.41) is 5.94. The molecule has 0 radical (unpaired) electrons. The summed E-state index contributed by atoms with van der Waals surface area (Å²) >= 11 is 0. The second-order valence-corrected chi connectivity index (χ2v) is 15.5. The van der Waals surface area contributed by atoms with Crippen LogP contribution in [0.4, 0.5) is 0 Å². The molecule has 0 spiro atoms. The fourth-order valence-corrected chi connectivity index (χ4v) is 10.4. The van der Waals surface area contributed by atoms with Crippen LogP contribution in [0, 0.1) is 0 Å². The van der Waals surface area contributed by atoms with E-state index in [9.17, 15) is 0 Å². The van der Waals surface area contributed by atoms with Crippen molar-refractivity contribution >= 4 is 28.8 Å². The third-order valence-corrected chi connectivity index (χ3v) is 12.5. The molecule has 0 bridgehead atoms. The quantitative estimate of drug-likeness (QED) is 0.122. The largest absolute Gasteiger partial charge is 4.00 e. The SMILES string of the molecule is CC(C)c1cccc([Si](c2cccc(C(C)C)c2)(c2cccc(C(C)C)c2)[c-]2ccc(C(C)C)c2)c1.[Cl-].[Cl-].[Cl-].[Ti+4]. The Bertz CT molecular complexity index is 1200. The standard InChI is InChI=1S/C35H43Si.3ClH.Ti/c1-24(2)28-12-9-15-32(20-28)36(35-19-18-31(23-35)27(7)8,33-16-10-13-29(21-33)25(3)4)34-17-11-14-30(22-34)26(5)6;;;;/h9-27H,1-8H3;3*1H;/q-1;;;;+4/p-3. The summed E-state index contributed by atoms with van der Waals surface area (Å²) in [5.41, 5.74) is 5.68. The van der Waals surface area contributed by atoms with Crippen molar-refractivity contribution in [2.45, 2.75) is 79.1 Å². The van der Waals surface area contributed by atoms with E-state index in [4.69, 9.17) is 0 Å². The molecule has 40 heavy (non-hydrogen) atoms. The Balaban J connectivity index is 0.00000380. The van der Waals surface area contributed by atoms with Gasteiger partial charge in [0.05, 0.1) is 0 Å². The minimum atomic E-state index is -2.56. The first-order valence-corrected chi connectivity index (χ1v) is 15.7. The van der Waals surface area contributed by atoms with Crippen molar-refractivity contribution in [1.82, 2.24) is 0 Å². The van der Waals surface area contributed by atoms with E-state index in [2.05, 4.69) is 146 Å². The van der Waals surface area contributed by atoms with Gasteiger partial charge in [-0.25, -0.2) is 6.07 Å². The average Bonchev–Trinajstić information content (AvgIpc) is 3.36. The van der Waals surface area contributed by atoms with Gasteiger partial charge in [-0.15, -0.1) is 5.19 Å². The van der Waals surface area contributed by atoms with E-state index in [1.807, 2.05) is 0 Å². The fraction of sp³-hybridized carbons (Fsp3) is 0.343. The van der Waals surface area contributed by atoms with Gasteiger partial charge in [-0.2, -0.15) is 17.7 Å². The molecule has 0 aliphatic carbocycles. The van der Waals surface area contributed by atoms with Gasteiger partial charge in [0.1, 0.15) is 8.07 Å². The van der Waals surface area contributed by atoms with Crippen LogP contribution in [-0.4, -0.2) is 8.07 Å². The van der Waals surface area contributed by atoms with Gasteiger partial charge in [-0.1, -0.05) is 150 Å². The second kappa shape index (κ2) is 16.4. The zero-order valence-corrected chi connectivity index (χ0v) is 29.9. The van der Waals surface area contributed by atoms with E-state index >= 15 is 0 Å².